The minimum absolute atomic E-state index is 0.213. The molecular formula is C47H64N10O8S. The van der Waals surface area contributed by atoms with Crippen molar-refractivity contribution in [3.63, 3.8) is 0 Å². The largest absolute Gasteiger partial charge is 0.453 e. The molecule has 1 aromatic heterocycles. The lowest BCUT2D eigenvalue weighted by Crippen LogP contribution is -2.59. The van der Waals surface area contributed by atoms with Crippen LogP contribution in [0.25, 0.3) is 0 Å². The number of fused-ring (bicyclic) bond motifs is 1. The topological polar surface area (TPSA) is 272 Å². The number of aromatic nitrogens is 1. The van der Waals surface area contributed by atoms with E-state index in [4.69, 9.17) is 37.4 Å². The molecule has 356 valence electrons. The first-order valence-electron chi connectivity index (χ1n) is 22.9. The number of nitrogens with two attached hydrogens (primary N) is 4. The van der Waals surface area contributed by atoms with Crippen LogP contribution in [0.4, 0.5) is 26.1 Å². The summed E-state index contributed by atoms with van der Waals surface area (Å²) in [5.41, 5.74) is 27.6. The van der Waals surface area contributed by atoms with Gasteiger partial charge >= 0.3 is 12.2 Å². The number of methoxy groups -OCH3 is 2. The van der Waals surface area contributed by atoms with Gasteiger partial charge in [0.1, 0.15) is 23.2 Å². The number of thiazole rings is 1. The molecule has 4 heterocycles. The molecule has 3 saturated heterocycles. The van der Waals surface area contributed by atoms with E-state index in [-0.39, 0.29) is 49.9 Å². The zero-order valence-electron chi connectivity index (χ0n) is 38.7. The van der Waals surface area contributed by atoms with E-state index in [0.717, 1.165) is 47.6 Å². The van der Waals surface area contributed by atoms with Crippen LogP contribution in [0.3, 0.4) is 0 Å². The van der Waals surface area contributed by atoms with Gasteiger partial charge in [-0.05, 0) is 99.3 Å². The number of likely N-dealkylation sites (tertiary alicyclic amines) is 2. The van der Waals surface area contributed by atoms with Crippen molar-refractivity contribution in [1.82, 2.24) is 25.4 Å². The van der Waals surface area contributed by atoms with E-state index < -0.39 is 59.0 Å². The minimum Gasteiger partial charge on any atom is -0.453 e. The Balaban J connectivity index is 1.25. The molecule has 6 amide bonds. The number of carbonyl (C=O) groups is 6. The fourth-order valence-electron chi connectivity index (χ4n) is 10.8. The second-order valence-corrected chi connectivity index (χ2v) is 19.7. The maximum Gasteiger partial charge on any atom is 0.407 e. The number of amides is 6. The smallest absolute Gasteiger partial charge is 0.407 e. The zero-order chi connectivity index (χ0) is 47.8. The van der Waals surface area contributed by atoms with Gasteiger partial charge in [-0.25, -0.2) is 14.6 Å². The lowest BCUT2D eigenvalue weighted by Gasteiger charge is -2.40. The SMILES string of the molecule is COC(=O)N[C@H](C(=O)N1CCC[C@@]1(C(N)=O)c1ccc([C@H]2CC[C@H](c3ccc([C@]4(C(N)=O)CCCN4C(=O)[C@@H](NC(=O)OC)C(C)C)c(N)c3)N2c2nc3c(s2)CCCC3)cc1N)C(C)C. The Morgan fingerprint density at radius 3 is 1.52 bits per heavy atom. The second-order valence-electron chi connectivity index (χ2n) is 18.6. The summed E-state index contributed by atoms with van der Waals surface area (Å²) < 4.78 is 9.60. The highest BCUT2D eigenvalue weighted by atomic mass is 32.1. The standard InChI is InChI=1S/C47H64N10O8S/c1-25(2)37(53-44(62)64-5)39(58)55-21-9-19-46(55,41(50)60)29-15-13-27(23-31(29)48)34-17-18-35(57(34)43-52-33-11-7-8-12-36(33)66-43)28-14-16-30(32(49)24-28)47(42(51)61)20-10-22-56(47)40(59)38(26(3)4)54-45(63)65-6/h13-16,23-26,34-35,37-38H,7-12,17-22,48-49H2,1-6H3,(H2,50,60)(H2,51,61)(H,53,62)(H,54,63)/t34-,35-,37+,38+,46+,47+/m1/s1. The summed E-state index contributed by atoms with van der Waals surface area (Å²) >= 11 is 1.68. The van der Waals surface area contributed by atoms with Crippen molar-refractivity contribution >= 4 is 63.7 Å². The zero-order valence-corrected chi connectivity index (χ0v) is 39.5. The minimum atomic E-state index is -1.55. The van der Waals surface area contributed by atoms with Crippen molar-refractivity contribution in [3.8, 4) is 0 Å². The van der Waals surface area contributed by atoms with Crippen LogP contribution in [0, 0.1) is 11.8 Å². The van der Waals surface area contributed by atoms with E-state index in [1.54, 1.807) is 51.2 Å². The predicted molar refractivity (Wildman–Crippen MR) is 250 cm³/mol. The van der Waals surface area contributed by atoms with Crippen LogP contribution in [0.2, 0.25) is 0 Å². The molecule has 18 nitrogen and oxygen atoms in total. The van der Waals surface area contributed by atoms with Gasteiger partial charge in [-0.3, -0.25) is 19.2 Å². The summed E-state index contributed by atoms with van der Waals surface area (Å²) in [5.74, 6) is -2.99. The molecule has 3 aliphatic heterocycles. The van der Waals surface area contributed by atoms with E-state index in [2.05, 4.69) is 15.5 Å². The molecule has 19 heteroatoms. The number of benzene rings is 2. The number of nitrogens with one attached hydrogen (secondary N) is 2. The summed E-state index contributed by atoms with van der Waals surface area (Å²) in [6.07, 6.45) is 5.38. The van der Waals surface area contributed by atoms with Gasteiger partial charge in [0, 0.05) is 40.5 Å². The van der Waals surface area contributed by atoms with Crippen molar-refractivity contribution in [2.75, 3.05) is 43.7 Å². The number of anilines is 3. The number of carbonyl (C=O) groups excluding carboxylic acids is 6. The van der Waals surface area contributed by atoms with E-state index in [9.17, 15) is 28.8 Å². The molecular weight excluding hydrogens is 865 g/mol. The van der Waals surface area contributed by atoms with Crippen molar-refractivity contribution in [3.05, 3.63) is 69.2 Å². The lowest BCUT2D eigenvalue weighted by atomic mass is 9.83. The number of primary amides is 2. The van der Waals surface area contributed by atoms with Crippen LogP contribution in [-0.4, -0.2) is 90.0 Å². The van der Waals surface area contributed by atoms with Gasteiger partial charge in [0.2, 0.25) is 23.6 Å². The maximum atomic E-state index is 14.2. The fraction of sp³-hybridized carbons (Fsp3) is 0.553. The molecule has 0 radical (unpaired) electrons. The third-order valence-electron chi connectivity index (χ3n) is 14.1. The van der Waals surface area contributed by atoms with Gasteiger partial charge in [-0.1, -0.05) is 52.0 Å². The maximum absolute atomic E-state index is 14.2. The van der Waals surface area contributed by atoms with E-state index in [0.29, 0.717) is 48.2 Å². The molecule has 1 aliphatic carbocycles. The number of alkyl carbamates (subject to hydrolysis) is 2. The molecule has 66 heavy (non-hydrogen) atoms. The number of hydrogen-bond acceptors (Lipinski definition) is 13. The molecule has 7 rings (SSSR count). The lowest BCUT2D eigenvalue weighted by molar-refractivity contribution is -0.146. The third-order valence-corrected chi connectivity index (χ3v) is 15.3. The van der Waals surface area contributed by atoms with Crippen LogP contribution in [-0.2, 0) is 52.6 Å². The Kier molecular flexibility index (Phi) is 13.8. The molecule has 4 aliphatic rings. The summed E-state index contributed by atoms with van der Waals surface area (Å²) in [6.45, 7) is 7.67. The van der Waals surface area contributed by atoms with Crippen LogP contribution < -0.4 is 38.5 Å². The van der Waals surface area contributed by atoms with Gasteiger partial charge in [0.25, 0.3) is 0 Å². The van der Waals surface area contributed by atoms with Crippen LogP contribution >= 0.6 is 11.3 Å². The Labute approximate surface area is 389 Å². The number of nitrogen functional groups attached to an aromatic ring is 2. The Morgan fingerprint density at radius 1 is 0.697 bits per heavy atom. The number of hydrogen-bond donors (Lipinski definition) is 6. The molecule has 6 atom stereocenters. The van der Waals surface area contributed by atoms with Crippen LogP contribution in [0.1, 0.15) is 124 Å². The molecule has 0 unspecified atom stereocenters. The number of aryl methyl sites for hydroxylation is 2. The highest BCUT2D eigenvalue weighted by Crippen LogP contribution is 2.52. The first kappa shape index (κ1) is 47.8. The second kappa shape index (κ2) is 19.0. The molecule has 0 spiro atoms. The Bertz CT molecular complexity index is 2230. The summed E-state index contributed by atoms with van der Waals surface area (Å²) in [7, 11) is 2.44. The average molecular weight is 929 g/mol. The van der Waals surface area contributed by atoms with Gasteiger partial charge in [0.05, 0.1) is 32.0 Å². The van der Waals surface area contributed by atoms with E-state index >= 15 is 0 Å². The highest BCUT2D eigenvalue weighted by molar-refractivity contribution is 7.15. The summed E-state index contributed by atoms with van der Waals surface area (Å²) in [6, 6.07) is 8.83. The number of ether oxygens (including phenoxy) is 2. The van der Waals surface area contributed by atoms with E-state index in [1.807, 2.05) is 24.3 Å². The first-order chi connectivity index (χ1) is 31.4. The van der Waals surface area contributed by atoms with Crippen molar-refractivity contribution in [2.45, 2.75) is 127 Å². The average Bonchev–Trinajstić information content (AvgIpc) is 4.11. The molecule has 0 saturated carbocycles. The van der Waals surface area contributed by atoms with Crippen molar-refractivity contribution < 1.29 is 38.2 Å². The van der Waals surface area contributed by atoms with Crippen molar-refractivity contribution in [2.24, 2.45) is 23.3 Å². The van der Waals surface area contributed by atoms with Gasteiger partial charge < -0.3 is 57.7 Å². The molecule has 3 fully saturated rings. The molecule has 10 N–H and O–H groups in total. The Hall–Kier alpha value is -6.11. The quantitative estimate of drug-likeness (QED) is 0.128. The molecule has 0 bridgehead atoms. The summed E-state index contributed by atoms with van der Waals surface area (Å²) in [4.78, 5) is 92.0. The number of rotatable bonds is 13. The van der Waals surface area contributed by atoms with Gasteiger partial charge in [0.15, 0.2) is 5.13 Å². The first-order valence-corrected chi connectivity index (χ1v) is 23.7. The highest BCUT2D eigenvalue weighted by Gasteiger charge is 2.54. The van der Waals surface area contributed by atoms with Crippen molar-refractivity contribution in [1.29, 1.82) is 0 Å². The molecule has 2 aromatic carbocycles. The van der Waals surface area contributed by atoms with Crippen LogP contribution in [0.5, 0.6) is 0 Å². The fourth-order valence-corrected chi connectivity index (χ4v) is 12.1. The normalized spacial score (nSPS) is 23.7. The van der Waals surface area contributed by atoms with Gasteiger partial charge in [-0.2, -0.15) is 0 Å². The molecule has 3 aromatic rings. The Morgan fingerprint density at radius 2 is 1.14 bits per heavy atom. The predicted octanol–water partition coefficient (Wildman–Crippen LogP) is 4.64. The van der Waals surface area contributed by atoms with Crippen LogP contribution in [0.15, 0.2) is 36.4 Å². The van der Waals surface area contributed by atoms with Gasteiger partial charge in [-0.15, -0.1) is 11.3 Å². The number of nitrogens with zero attached hydrogens (tertiary/aromatic N) is 4. The van der Waals surface area contributed by atoms with E-state index in [1.165, 1.54) is 28.9 Å². The summed E-state index contributed by atoms with van der Waals surface area (Å²) in [5, 5.41) is 6.12. The third kappa shape index (κ3) is 8.34. The monoisotopic (exact) mass is 928 g/mol.